The first-order chi connectivity index (χ1) is 7.67. The van der Waals surface area contributed by atoms with Gasteiger partial charge in [0.2, 0.25) is 0 Å². The van der Waals surface area contributed by atoms with Crippen molar-refractivity contribution in [2.75, 3.05) is 5.32 Å². The maximum atomic E-state index is 10.7. The molecule has 0 radical (unpaired) electrons. The summed E-state index contributed by atoms with van der Waals surface area (Å²) in [4.78, 5) is 14.8. The number of anilines is 1. The van der Waals surface area contributed by atoms with E-state index in [2.05, 4.69) is 16.2 Å². The summed E-state index contributed by atoms with van der Waals surface area (Å²) >= 11 is 0. The van der Waals surface area contributed by atoms with Crippen LogP contribution in [0.1, 0.15) is 30.1 Å². The number of pyridine rings is 1. The van der Waals surface area contributed by atoms with Gasteiger partial charge in [0.1, 0.15) is 5.82 Å². The number of hydrogen-bond donors (Lipinski definition) is 2. The lowest BCUT2D eigenvalue weighted by Gasteiger charge is -2.12. The normalized spacial score (nSPS) is 11.5. The fourth-order valence-electron chi connectivity index (χ4n) is 1.31. The van der Waals surface area contributed by atoms with Gasteiger partial charge >= 0.3 is 5.97 Å². The largest absolute Gasteiger partial charge is 0.478 e. The lowest BCUT2D eigenvalue weighted by molar-refractivity contribution is 0.0697. The van der Waals surface area contributed by atoms with Crippen LogP contribution in [-0.4, -0.2) is 22.1 Å². The smallest absolute Gasteiger partial charge is 0.335 e. The van der Waals surface area contributed by atoms with Crippen LogP contribution in [0.25, 0.3) is 0 Å². The van der Waals surface area contributed by atoms with Gasteiger partial charge < -0.3 is 10.4 Å². The topological polar surface area (TPSA) is 62.2 Å². The first-order valence-electron chi connectivity index (χ1n) is 5.09. The highest BCUT2D eigenvalue weighted by atomic mass is 16.4. The predicted octanol–water partition coefficient (Wildman–Crippen LogP) is 1.99. The third-order valence-corrected chi connectivity index (χ3v) is 2.11. The highest BCUT2D eigenvalue weighted by molar-refractivity contribution is 5.88. The monoisotopic (exact) mass is 218 g/mol. The minimum atomic E-state index is -0.974. The summed E-state index contributed by atoms with van der Waals surface area (Å²) in [7, 11) is 0. The second kappa shape index (κ2) is 5.76. The molecule has 16 heavy (non-hydrogen) atoms. The van der Waals surface area contributed by atoms with Crippen LogP contribution >= 0.6 is 0 Å². The van der Waals surface area contributed by atoms with E-state index in [1.165, 1.54) is 18.3 Å². The van der Waals surface area contributed by atoms with Gasteiger partial charge in [0.15, 0.2) is 0 Å². The van der Waals surface area contributed by atoms with Gasteiger partial charge in [-0.25, -0.2) is 9.78 Å². The maximum absolute atomic E-state index is 10.7. The first kappa shape index (κ1) is 12.1. The Morgan fingerprint density at radius 2 is 2.50 bits per heavy atom. The van der Waals surface area contributed by atoms with Crippen molar-refractivity contribution in [1.29, 1.82) is 0 Å². The fourth-order valence-corrected chi connectivity index (χ4v) is 1.31. The molecule has 0 amide bonds. The molecular weight excluding hydrogens is 204 g/mol. The molecule has 1 atom stereocenters. The molecule has 84 valence electrons. The molecule has 0 fully saturated rings. The molecule has 0 aliphatic carbocycles. The maximum Gasteiger partial charge on any atom is 0.335 e. The second-order valence-electron chi connectivity index (χ2n) is 3.39. The van der Waals surface area contributed by atoms with Gasteiger partial charge in [-0.3, -0.25) is 0 Å². The molecule has 0 saturated carbocycles. The fraction of sp³-hybridized carbons (Fsp3) is 0.333. The van der Waals surface area contributed by atoms with E-state index >= 15 is 0 Å². The Balaban J connectivity index is 2.77. The lowest BCUT2D eigenvalue weighted by Crippen LogP contribution is -2.17. The van der Waals surface area contributed by atoms with E-state index in [-0.39, 0.29) is 11.6 Å². The highest BCUT2D eigenvalue weighted by Crippen LogP contribution is 2.10. The van der Waals surface area contributed by atoms with Crippen LogP contribution in [0.3, 0.4) is 0 Å². The quantitative estimate of drug-likeness (QED) is 0.742. The van der Waals surface area contributed by atoms with Crippen LogP contribution < -0.4 is 5.32 Å². The molecule has 0 saturated heterocycles. The second-order valence-corrected chi connectivity index (χ2v) is 3.39. The minimum absolute atomic E-state index is 0.110. The summed E-state index contributed by atoms with van der Waals surface area (Å²) in [6, 6.07) is 2.81. The number of aromatic nitrogens is 1. The SMILES string of the molecule is C#CC(CCC)Nc1cc(C(=O)O)ccn1. The third-order valence-electron chi connectivity index (χ3n) is 2.11. The molecule has 1 aromatic rings. The van der Waals surface area contributed by atoms with Crippen LogP contribution in [-0.2, 0) is 0 Å². The number of nitrogens with one attached hydrogen (secondary N) is 1. The van der Waals surface area contributed by atoms with Gasteiger partial charge in [-0.2, -0.15) is 0 Å². The molecule has 0 aliphatic heterocycles. The molecule has 1 unspecified atom stereocenters. The van der Waals surface area contributed by atoms with E-state index in [9.17, 15) is 4.79 Å². The number of carboxylic acid groups (broad SMARTS) is 1. The Morgan fingerprint density at radius 3 is 3.06 bits per heavy atom. The molecule has 2 N–H and O–H groups in total. The van der Waals surface area contributed by atoms with Gasteiger partial charge in [-0.05, 0) is 18.6 Å². The van der Waals surface area contributed by atoms with Gasteiger partial charge in [-0.1, -0.05) is 19.3 Å². The summed E-state index contributed by atoms with van der Waals surface area (Å²) in [6.45, 7) is 2.03. The molecule has 0 aromatic carbocycles. The lowest BCUT2D eigenvalue weighted by atomic mass is 10.2. The van der Waals surface area contributed by atoms with Crippen molar-refractivity contribution in [1.82, 2.24) is 4.98 Å². The van der Waals surface area contributed by atoms with Crippen molar-refractivity contribution in [3.8, 4) is 12.3 Å². The van der Waals surface area contributed by atoms with Crippen LogP contribution in [0.2, 0.25) is 0 Å². The third kappa shape index (κ3) is 3.28. The molecule has 1 heterocycles. The van der Waals surface area contributed by atoms with Crippen molar-refractivity contribution >= 4 is 11.8 Å². The number of carboxylic acids is 1. The Morgan fingerprint density at radius 1 is 1.75 bits per heavy atom. The van der Waals surface area contributed by atoms with Crippen LogP contribution in [0.5, 0.6) is 0 Å². The van der Waals surface area contributed by atoms with E-state index in [0.29, 0.717) is 5.82 Å². The molecule has 4 nitrogen and oxygen atoms in total. The Bertz CT molecular complexity index is 410. The van der Waals surface area contributed by atoms with Crippen molar-refractivity contribution in [3.63, 3.8) is 0 Å². The van der Waals surface area contributed by atoms with Crippen LogP contribution in [0, 0.1) is 12.3 Å². The number of aromatic carboxylic acids is 1. The number of rotatable bonds is 5. The van der Waals surface area contributed by atoms with Gasteiger partial charge in [0, 0.05) is 6.20 Å². The Hall–Kier alpha value is -2.02. The molecule has 1 aromatic heterocycles. The van der Waals surface area contributed by atoms with E-state index in [0.717, 1.165) is 12.8 Å². The Kier molecular flexibility index (Phi) is 4.34. The molecule has 1 rings (SSSR count). The zero-order valence-corrected chi connectivity index (χ0v) is 9.10. The molecular formula is C12H14N2O2. The molecule has 0 spiro atoms. The van der Waals surface area contributed by atoms with Crippen molar-refractivity contribution in [3.05, 3.63) is 23.9 Å². The average Bonchev–Trinajstić information content (AvgIpc) is 2.29. The number of terminal acetylenes is 1. The van der Waals surface area contributed by atoms with E-state index < -0.39 is 5.97 Å². The first-order valence-corrected chi connectivity index (χ1v) is 5.09. The molecule has 0 bridgehead atoms. The number of carbonyl (C=O) groups is 1. The molecule has 4 heteroatoms. The summed E-state index contributed by atoms with van der Waals surface area (Å²) in [5, 5.41) is 11.8. The van der Waals surface area contributed by atoms with Crippen LogP contribution in [0.4, 0.5) is 5.82 Å². The van der Waals surface area contributed by atoms with Crippen molar-refractivity contribution < 1.29 is 9.90 Å². The summed E-state index contributed by atoms with van der Waals surface area (Å²) < 4.78 is 0. The average molecular weight is 218 g/mol. The van der Waals surface area contributed by atoms with Gasteiger partial charge in [0.05, 0.1) is 11.6 Å². The van der Waals surface area contributed by atoms with E-state index in [1.807, 2.05) is 6.92 Å². The zero-order valence-electron chi connectivity index (χ0n) is 9.10. The van der Waals surface area contributed by atoms with Gasteiger partial charge in [-0.15, -0.1) is 6.42 Å². The summed E-state index contributed by atoms with van der Waals surface area (Å²) in [5.41, 5.74) is 0.199. The van der Waals surface area contributed by atoms with Crippen molar-refractivity contribution in [2.45, 2.75) is 25.8 Å². The van der Waals surface area contributed by atoms with E-state index in [1.54, 1.807) is 0 Å². The standard InChI is InChI=1S/C12H14N2O2/c1-3-5-10(4-2)14-11-8-9(12(15)16)6-7-13-11/h2,6-8,10H,3,5H2,1H3,(H,13,14)(H,15,16). The number of hydrogen-bond acceptors (Lipinski definition) is 3. The minimum Gasteiger partial charge on any atom is -0.478 e. The summed E-state index contributed by atoms with van der Waals surface area (Å²) in [6.07, 6.45) is 8.59. The summed E-state index contributed by atoms with van der Waals surface area (Å²) in [5.74, 6) is 2.12. The highest BCUT2D eigenvalue weighted by Gasteiger charge is 2.07. The van der Waals surface area contributed by atoms with Crippen LogP contribution in [0.15, 0.2) is 18.3 Å². The zero-order chi connectivity index (χ0) is 12.0. The molecule has 0 aliphatic rings. The Labute approximate surface area is 94.7 Å². The number of nitrogens with zero attached hydrogens (tertiary/aromatic N) is 1. The van der Waals surface area contributed by atoms with Gasteiger partial charge in [0.25, 0.3) is 0 Å². The predicted molar refractivity (Wildman–Crippen MR) is 62.3 cm³/mol. The van der Waals surface area contributed by atoms with E-state index in [4.69, 9.17) is 11.5 Å². The van der Waals surface area contributed by atoms with Crippen molar-refractivity contribution in [2.24, 2.45) is 0 Å².